The number of ether oxygens (including phenoxy) is 1. The van der Waals surface area contributed by atoms with Crippen LogP contribution in [-0.4, -0.2) is 7.11 Å². The van der Waals surface area contributed by atoms with Crippen LogP contribution in [0.25, 0.3) is 22.1 Å². The Morgan fingerprint density at radius 3 is 2.56 bits per heavy atom. The highest BCUT2D eigenvalue weighted by atomic mass is 16.5. The van der Waals surface area contributed by atoms with E-state index in [9.17, 15) is 4.79 Å². The first-order valence-electron chi connectivity index (χ1n) is 8.61. The van der Waals surface area contributed by atoms with E-state index in [4.69, 9.17) is 13.6 Å². The summed E-state index contributed by atoms with van der Waals surface area (Å²) in [5.74, 6) is 1.69. The number of furan rings is 1. The molecule has 2 aromatic carbocycles. The van der Waals surface area contributed by atoms with Gasteiger partial charge in [0.05, 0.1) is 12.7 Å². The molecule has 1 N–H and O–H groups in total. The Hall–Kier alpha value is -3.47. The van der Waals surface area contributed by atoms with Crippen molar-refractivity contribution in [2.75, 3.05) is 12.4 Å². The van der Waals surface area contributed by atoms with Crippen molar-refractivity contribution in [2.45, 2.75) is 13.8 Å². The van der Waals surface area contributed by atoms with Gasteiger partial charge in [-0.2, -0.15) is 0 Å². The largest absolute Gasteiger partial charge is 0.497 e. The Labute approximate surface area is 156 Å². The SMILES string of the molecule is COc1cccc(-c2c(Nc3ccccc3C)oc3cc(C)oc(=O)c23)c1. The lowest BCUT2D eigenvalue weighted by Crippen LogP contribution is -2.00. The lowest BCUT2D eigenvalue weighted by molar-refractivity contribution is 0.415. The normalized spacial score (nSPS) is 10.9. The molecule has 0 aliphatic heterocycles. The third kappa shape index (κ3) is 3.08. The smallest absolute Gasteiger partial charge is 0.347 e. The van der Waals surface area contributed by atoms with Crippen LogP contribution in [0.2, 0.25) is 0 Å². The lowest BCUT2D eigenvalue weighted by Gasteiger charge is -2.09. The quantitative estimate of drug-likeness (QED) is 0.526. The zero-order valence-corrected chi connectivity index (χ0v) is 15.3. The molecule has 4 aromatic rings. The molecule has 5 nitrogen and oxygen atoms in total. The van der Waals surface area contributed by atoms with Crippen LogP contribution in [0, 0.1) is 13.8 Å². The molecule has 5 heteroatoms. The summed E-state index contributed by atoms with van der Waals surface area (Å²) in [6.45, 7) is 3.73. The fourth-order valence-corrected chi connectivity index (χ4v) is 3.14. The highest BCUT2D eigenvalue weighted by Gasteiger charge is 2.21. The molecule has 4 rings (SSSR count). The number of fused-ring (bicyclic) bond motifs is 1. The maximum absolute atomic E-state index is 12.6. The van der Waals surface area contributed by atoms with Crippen LogP contribution in [0.5, 0.6) is 5.75 Å². The summed E-state index contributed by atoms with van der Waals surface area (Å²) in [4.78, 5) is 12.6. The fourth-order valence-electron chi connectivity index (χ4n) is 3.14. The second kappa shape index (κ2) is 6.68. The van der Waals surface area contributed by atoms with Crippen molar-refractivity contribution in [2.24, 2.45) is 0 Å². The van der Waals surface area contributed by atoms with Gasteiger partial charge in [-0.05, 0) is 43.2 Å². The van der Waals surface area contributed by atoms with Gasteiger partial charge in [0, 0.05) is 11.8 Å². The van der Waals surface area contributed by atoms with Crippen molar-refractivity contribution in [1.29, 1.82) is 0 Å². The van der Waals surface area contributed by atoms with Crippen LogP contribution in [0.4, 0.5) is 11.6 Å². The summed E-state index contributed by atoms with van der Waals surface area (Å²) in [6, 6.07) is 17.1. The van der Waals surface area contributed by atoms with Crippen LogP contribution in [-0.2, 0) is 0 Å². The molecular formula is C22H19NO4. The number of hydrogen-bond donors (Lipinski definition) is 1. The molecule has 136 valence electrons. The molecule has 0 saturated carbocycles. The van der Waals surface area contributed by atoms with Gasteiger partial charge in [0.15, 0.2) is 0 Å². The van der Waals surface area contributed by atoms with E-state index < -0.39 is 5.63 Å². The highest BCUT2D eigenvalue weighted by molar-refractivity contribution is 6.00. The van der Waals surface area contributed by atoms with Gasteiger partial charge >= 0.3 is 5.63 Å². The lowest BCUT2D eigenvalue weighted by atomic mass is 10.0. The van der Waals surface area contributed by atoms with E-state index in [1.807, 2.05) is 55.5 Å². The average molecular weight is 361 g/mol. The van der Waals surface area contributed by atoms with Crippen LogP contribution >= 0.6 is 0 Å². The Bertz CT molecular complexity index is 1190. The van der Waals surface area contributed by atoms with Gasteiger partial charge in [0.1, 0.15) is 22.5 Å². The first-order valence-corrected chi connectivity index (χ1v) is 8.61. The van der Waals surface area contributed by atoms with Crippen molar-refractivity contribution in [3.05, 3.63) is 76.3 Å². The maximum Gasteiger partial charge on any atom is 0.347 e. The van der Waals surface area contributed by atoms with E-state index >= 15 is 0 Å². The van der Waals surface area contributed by atoms with Crippen LogP contribution < -0.4 is 15.7 Å². The molecule has 0 atom stereocenters. The van der Waals surface area contributed by atoms with Crippen LogP contribution in [0.1, 0.15) is 11.3 Å². The van der Waals surface area contributed by atoms with Gasteiger partial charge in [-0.1, -0.05) is 30.3 Å². The van der Waals surface area contributed by atoms with Crippen molar-refractivity contribution < 1.29 is 13.6 Å². The molecule has 0 aliphatic rings. The second-order valence-electron chi connectivity index (χ2n) is 6.36. The molecule has 0 spiro atoms. The predicted molar refractivity (Wildman–Crippen MR) is 106 cm³/mol. The molecule has 0 amide bonds. The van der Waals surface area contributed by atoms with Gasteiger partial charge in [-0.25, -0.2) is 4.79 Å². The number of methoxy groups -OCH3 is 1. The Morgan fingerprint density at radius 1 is 0.963 bits per heavy atom. The Kier molecular flexibility index (Phi) is 4.20. The van der Waals surface area contributed by atoms with E-state index in [0.717, 1.165) is 16.8 Å². The van der Waals surface area contributed by atoms with E-state index in [1.54, 1.807) is 20.1 Å². The van der Waals surface area contributed by atoms with Crippen molar-refractivity contribution >= 4 is 22.5 Å². The minimum absolute atomic E-state index is 0.407. The van der Waals surface area contributed by atoms with Gasteiger partial charge in [-0.3, -0.25) is 0 Å². The fraction of sp³-hybridized carbons (Fsp3) is 0.136. The minimum Gasteiger partial charge on any atom is -0.497 e. The topological polar surface area (TPSA) is 64.6 Å². The first-order chi connectivity index (χ1) is 13.1. The Balaban J connectivity index is 1.99. The van der Waals surface area contributed by atoms with E-state index in [2.05, 4.69) is 5.32 Å². The number of hydrogen-bond acceptors (Lipinski definition) is 5. The summed E-state index contributed by atoms with van der Waals surface area (Å²) < 4.78 is 16.7. The van der Waals surface area contributed by atoms with Crippen LogP contribution in [0.3, 0.4) is 0 Å². The average Bonchev–Trinajstić information content (AvgIpc) is 3.01. The maximum atomic E-state index is 12.6. The summed E-state index contributed by atoms with van der Waals surface area (Å²) >= 11 is 0. The first kappa shape index (κ1) is 17.0. The third-order valence-corrected chi connectivity index (χ3v) is 4.48. The molecule has 27 heavy (non-hydrogen) atoms. The summed E-state index contributed by atoms with van der Waals surface area (Å²) in [7, 11) is 1.61. The van der Waals surface area contributed by atoms with Gasteiger partial charge in [0.2, 0.25) is 5.88 Å². The van der Waals surface area contributed by atoms with Gasteiger partial charge in [-0.15, -0.1) is 0 Å². The zero-order chi connectivity index (χ0) is 19.0. The molecule has 0 aliphatic carbocycles. The monoisotopic (exact) mass is 361 g/mol. The van der Waals surface area contributed by atoms with Gasteiger partial charge < -0.3 is 18.9 Å². The predicted octanol–water partition coefficient (Wildman–Crippen LogP) is 5.42. The molecule has 0 saturated heterocycles. The number of anilines is 2. The van der Waals surface area contributed by atoms with Gasteiger partial charge in [0.25, 0.3) is 0 Å². The molecule has 0 fully saturated rings. The summed E-state index contributed by atoms with van der Waals surface area (Å²) in [5, 5.41) is 3.73. The molecule has 2 aromatic heterocycles. The van der Waals surface area contributed by atoms with E-state index in [-0.39, 0.29) is 0 Å². The second-order valence-corrected chi connectivity index (χ2v) is 6.36. The molecule has 0 radical (unpaired) electrons. The third-order valence-electron chi connectivity index (χ3n) is 4.48. The molecular weight excluding hydrogens is 342 g/mol. The molecule has 2 heterocycles. The van der Waals surface area contributed by atoms with Crippen LogP contribution in [0.15, 0.2) is 68.2 Å². The van der Waals surface area contributed by atoms with Crippen molar-refractivity contribution in [3.63, 3.8) is 0 Å². The standard InChI is InChI=1S/C22H19NO4/c1-13-7-4-5-10-17(13)23-21-19(15-8-6-9-16(12-15)25-3)20-18(27-21)11-14(2)26-22(20)24/h4-12,23H,1-3H3. The molecule has 0 unspecified atom stereocenters. The van der Waals surface area contributed by atoms with Crippen molar-refractivity contribution in [3.8, 4) is 16.9 Å². The Morgan fingerprint density at radius 2 is 1.78 bits per heavy atom. The number of benzene rings is 2. The van der Waals surface area contributed by atoms with E-state index in [0.29, 0.717) is 33.9 Å². The number of nitrogens with one attached hydrogen (secondary N) is 1. The molecule has 0 bridgehead atoms. The summed E-state index contributed by atoms with van der Waals surface area (Å²) in [5.41, 5.74) is 3.49. The number of para-hydroxylation sites is 1. The van der Waals surface area contributed by atoms with Crippen molar-refractivity contribution in [1.82, 2.24) is 0 Å². The van der Waals surface area contributed by atoms with E-state index in [1.165, 1.54) is 0 Å². The number of aryl methyl sites for hydroxylation is 2. The highest BCUT2D eigenvalue weighted by Crippen LogP contribution is 2.40. The number of rotatable bonds is 4. The zero-order valence-electron chi connectivity index (χ0n) is 15.3. The minimum atomic E-state index is -0.426. The summed E-state index contributed by atoms with van der Waals surface area (Å²) in [6.07, 6.45) is 0.